The Balaban J connectivity index is 1.89. The molecule has 0 amide bonds. The van der Waals surface area contributed by atoms with Gasteiger partial charge in [0.2, 0.25) is 0 Å². The van der Waals surface area contributed by atoms with Gasteiger partial charge in [0.1, 0.15) is 4.60 Å². The summed E-state index contributed by atoms with van der Waals surface area (Å²) in [6, 6.07) is 9.92. The molecule has 20 heavy (non-hydrogen) atoms. The molecule has 1 aromatic heterocycles. The first-order valence-corrected chi connectivity index (χ1v) is 7.52. The lowest BCUT2D eigenvalue weighted by Gasteiger charge is -2.13. The Bertz CT molecular complexity index is 606. The standard InChI is InChI=1S/C16H16BrNO2/c17-15-6-1-10(9-18-15)7-13-5-4-12(11-2-3-11)8-14(13)16(19)20/h1,4-6,8-9,11,16,19-20H,2-3,7H2. The van der Waals surface area contributed by atoms with Gasteiger partial charge in [-0.3, -0.25) is 0 Å². The van der Waals surface area contributed by atoms with Crippen molar-refractivity contribution in [3.63, 3.8) is 0 Å². The van der Waals surface area contributed by atoms with Crippen molar-refractivity contribution in [3.05, 3.63) is 63.4 Å². The highest BCUT2D eigenvalue weighted by molar-refractivity contribution is 9.10. The fourth-order valence-electron chi connectivity index (χ4n) is 2.42. The summed E-state index contributed by atoms with van der Waals surface area (Å²) in [6.07, 6.45) is 3.44. The van der Waals surface area contributed by atoms with Gasteiger partial charge in [0.25, 0.3) is 0 Å². The number of aromatic nitrogens is 1. The SMILES string of the molecule is OC(O)c1cc(C2CC2)ccc1Cc1ccc(Br)nc1. The first-order chi connectivity index (χ1) is 9.63. The van der Waals surface area contributed by atoms with Gasteiger partial charge in [-0.05, 0) is 63.9 Å². The van der Waals surface area contributed by atoms with Gasteiger partial charge >= 0.3 is 0 Å². The van der Waals surface area contributed by atoms with Crippen molar-refractivity contribution in [1.82, 2.24) is 4.98 Å². The second-order valence-electron chi connectivity index (χ2n) is 5.27. The van der Waals surface area contributed by atoms with Crippen molar-refractivity contribution in [3.8, 4) is 0 Å². The van der Waals surface area contributed by atoms with Gasteiger partial charge in [-0.1, -0.05) is 24.3 Å². The fourth-order valence-corrected chi connectivity index (χ4v) is 2.65. The minimum absolute atomic E-state index is 0.607. The fraction of sp³-hybridized carbons (Fsp3) is 0.312. The number of nitrogens with zero attached hydrogens (tertiary/aromatic N) is 1. The number of pyridine rings is 1. The summed E-state index contributed by atoms with van der Waals surface area (Å²) in [6.45, 7) is 0. The summed E-state index contributed by atoms with van der Waals surface area (Å²) in [5, 5.41) is 19.2. The van der Waals surface area contributed by atoms with Crippen LogP contribution in [-0.4, -0.2) is 15.2 Å². The first kappa shape index (κ1) is 13.7. The third-order valence-electron chi connectivity index (χ3n) is 3.68. The van der Waals surface area contributed by atoms with Gasteiger partial charge in [-0.2, -0.15) is 0 Å². The largest absolute Gasteiger partial charge is 0.364 e. The zero-order valence-corrected chi connectivity index (χ0v) is 12.5. The molecule has 3 rings (SSSR count). The monoisotopic (exact) mass is 333 g/mol. The minimum atomic E-state index is -1.42. The van der Waals surface area contributed by atoms with E-state index in [0.29, 0.717) is 17.9 Å². The summed E-state index contributed by atoms with van der Waals surface area (Å²) in [5.74, 6) is 0.607. The molecule has 2 N–H and O–H groups in total. The summed E-state index contributed by atoms with van der Waals surface area (Å²) < 4.78 is 0.799. The van der Waals surface area contributed by atoms with Crippen LogP contribution in [0.1, 0.15) is 47.3 Å². The maximum atomic E-state index is 9.59. The molecule has 1 aromatic carbocycles. The third-order valence-corrected chi connectivity index (χ3v) is 4.15. The number of aliphatic hydroxyl groups is 2. The van der Waals surface area contributed by atoms with E-state index in [0.717, 1.165) is 15.7 Å². The maximum Gasteiger partial charge on any atom is 0.178 e. The molecular weight excluding hydrogens is 318 g/mol. The van der Waals surface area contributed by atoms with Crippen LogP contribution in [-0.2, 0) is 6.42 Å². The van der Waals surface area contributed by atoms with E-state index >= 15 is 0 Å². The molecule has 1 saturated carbocycles. The second-order valence-corrected chi connectivity index (χ2v) is 6.08. The zero-order chi connectivity index (χ0) is 14.1. The summed E-state index contributed by atoms with van der Waals surface area (Å²) in [5.41, 5.74) is 3.81. The predicted molar refractivity (Wildman–Crippen MR) is 80.3 cm³/mol. The lowest BCUT2D eigenvalue weighted by Crippen LogP contribution is -2.03. The molecule has 1 heterocycles. The Morgan fingerprint density at radius 2 is 2.00 bits per heavy atom. The van der Waals surface area contributed by atoms with Gasteiger partial charge < -0.3 is 10.2 Å². The highest BCUT2D eigenvalue weighted by Gasteiger charge is 2.24. The molecule has 0 aliphatic heterocycles. The molecule has 3 nitrogen and oxygen atoms in total. The molecule has 4 heteroatoms. The summed E-state index contributed by atoms with van der Waals surface area (Å²) in [4.78, 5) is 4.20. The van der Waals surface area contributed by atoms with Crippen LogP contribution in [0.5, 0.6) is 0 Å². The molecule has 0 spiro atoms. The van der Waals surface area contributed by atoms with Gasteiger partial charge in [0.15, 0.2) is 6.29 Å². The molecule has 0 atom stereocenters. The molecule has 1 fully saturated rings. The quantitative estimate of drug-likeness (QED) is 0.666. The molecule has 0 unspecified atom stereocenters. The van der Waals surface area contributed by atoms with Crippen LogP contribution < -0.4 is 0 Å². The topological polar surface area (TPSA) is 53.4 Å². The highest BCUT2D eigenvalue weighted by atomic mass is 79.9. The van der Waals surface area contributed by atoms with E-state index in [1.807, 2.05) is 24.3 Å². The number of rotatable bonds is 4. The van der Waals surface area contributed by atoms with Crippen molar-refractivity contribution in [2.24, 2.45) is 0 Å². The summed E-state index contributed by atoms with van der Waals surface area (Å²) >= 11 is 3.31. The Morgan fingerprint density at radius 1 is 1.20 bits per heavy atom. The number of aliphatic hydroxyl groups excluding tert-OH is 1. The van der Waals surface area contributed by atoms with Gasteiger partial charge in [-0.25, -0.2) is 4.98 Å². The Hall–Kier alpha value is -1.23. The van der Waals surface area contributed by atoms with E-state index in [9.17, 15) is 10.2 Å². The normalized spacial score (nSPS) is 14.8. The average Bonchev–Trinajstić information content (AvgIpc) is 3.26. The Kier molecular flexibility index (Phi) is 3.87. The summed E-state index contributed by atoms with van der Waals surface area (Å²) in [7, 11) is 0. The number of hydrogen-bond acceptors (Lipinski definition) is 3. The van der Waals surface area contributed by atoms with Crippen LogP contribution in [0.2, 0.25) is 0 Å². The number of hydrogen-bond donors (Lipinski definition) is 2. The van der Waals surface area contributed by atoms with Crippen molar-refractivity contribution >= 4 is 15.9 Å². The molecule has 1 aliphatic carbocycles. The lowest BCUT2D eigenvalue weighted by atomic mass is 9.96. The smallest absolute Gasteiger partial charge is 0.178 e. The van der Waals surface area contributed by atoms with Crippen LogP contribution >= 0.6 is 15.9 Å². The van der Waals surface area contributed by atoms with Crippen LogP contribution in [0.4, 0.5) is 0 Å². The van der Waals surface area contributed by atoms with Gasteiger partial charge in [0, 0.05) is 11.8 Å². The highest BCUT2D eigenvalue weighted by Crippen LogP contribution is 2.41. The van der Waals surface area contributed by atoms with E-state index < -0.39 is 6.29 Å². The van der Waals surface area contributed by atoms with E-state index in [1.54, 1.807) is 6.20 Å². The second kappa shape index (κ2) is 5.64. The minimum Gasteiger partial charge on any atom is -0.364 e. The number of benzene rings is 1. The average molecular weight is 334 g/mol. The van der Waals surface area contributed by atoms with E-state index in [4.69, 9.17) is 0 Å². The third kappa shape index (κ3) is 3.08. The Morgan fingerprint density at radius 3 is 2.60 bits per heavy atom. The molecule has 1 aliphatic rings. The van der Waals surface area contributed by atoms with Crippen LogP contribution in [0.3, 0.4) is 0 Å². The molecular formula is C16H16BrNO2. The molecule has 104 valence electrons. The van der Waals surface area contributed by atoms with Crippen LogP contribution in [0.15, 0.2) is 41.1 Å². The molecule has 2 aromatic rings. The first-order valence-electron chi connectivity index (χ1n) is 6.73. The van der Waals surface area contributed by atoms with E-state index in [-0.39, 0.29) is 0 Å². The molecule has 0 radical (unpaired) electrons. The zero-order valence-electron chi connectivity index (χ0n) is 11.0. The van der Waals surface area contributed by atoms with E-state index in [1.165, 1.54) is 18.4 Å². The van der Waals surface area contributed by atoms with Crippen molar-refractivity contribution in [2.75, 3.05) is 0 Å². The van der Waals surface area contributed by atoms with Crippen LogP contribution in [0, 0.1) is 0 Å². The number of halogens is 1. The molecule has 0 saturated heterocycles. The lowest BCUT2D eigenvalue weighted by molar-refractivity contribution is -0.0430. The van der Waals surface area contributed by atoms with Crippen LogP contribution in [0.25, 0.3) is 0 Å². The maximum absolute atomic E-state index is 9.59. The van der Waals surface area contributed by atoms with Gasteiger partial charge in [0.05, 0.1) is 0 Å². The van der Waals surface area contributed by atoms with E-state index in [2.05, 4.69) is 27.0 Å². The van der Waals surface area contributed by atoms with Gasteiger partial charge in [-0.15, -0.1) is 0 Å². The molecule has 0 bridgehead atoms. The van der Waals surface area contributed by atoms with Crippen molar-refractivity contribution < 1.29 is 10.2 Å². The Labute approximate surface area is 126 Å². The predicted octanol–water partition coefficient (Wildman–Crippen LogP) is 3.30. The van der Waals surface area contributed by atoms with Crippen molar-refractivity contribution in [1.29, 1.82) is 0 Å². The van der Waals surface area contributed by atoms with Crippen molar-refractivity contribution in [2.45, 2.75) is 31.5 Å².